The van der Waals surface area contributed by atoms with Crippen LogP contribution in [0.25, 0.3) is 0 Å². The molecular formula is C18H21N3O3. The van der Waals surface area contributed by atoms with Gasteiger partial charge < -0.3 is 19.7 Å². The fourth-order valence-corrected chi connectivity index (χ4v) is 2.54. The molecule has 2 heterocycles. The molecule has 1 aliphatic rings. The lowest BCUT2D eigenvalue weighted by Gasteiger charge is -2.30. The molecular weight excluding hydrogens is 306 g/mol. The minimum absolute atomic E-state index is 0.162. The van der Waals surface area contributed by atoms with Crippen LogP contribution in [0.1, 0.15) is 18.7 Å². The maximum atomic E-state index is 12.3. The summed E-state index contributed by atoms with van der Waals surface area (Å²) in [5.74, 6) is 1.45. The molecule has 0 radical (unpaired) electrons. The first-order valence-corrected chi connectivity index (χ1v) is 7.94. The molecule has 2 amide bonds. The number of hydrogen-bond acceptors (Lipinski definition) is 4. The normalized spacial score (nSPS) is 17.0. The maximum absolute atomic E-state index is 12.3. The molecule has 2 atom stereocenters. The van der Waals surface area contributed by atoms with E-state index in [1.807, 2.05) is 49.4 Å². The quantitative estimate of drug-likeness (QED) is 0.937. The number of para-hydroxylation sites is 2. The predicted molar refractivity (Wildman–Crippen MR) is 90.2 cm³/mol. The number of nitrogens with zero attached hydrogens (tertiary/aromatic N) is 2. The van der Waals surface area contributed by atoms with Gasteiger partial charge in [-0.1, -0.05) is 18.2 Å². The monoisotopic (exact) mass is 327 g/mol. The van der Waals surface area contributed by atoms with Gasteiger partial charge in [-0.2, -0.15) is 0 Å². The maximum Gasteiger partial charge on any atom is 0.317 e. The van der Waals surface area contributed by atoms with Crippen molar-refractivity contribution < 1.29 is 14.3 Å². The van der Waals surface area contributed by atoms with Crippen molar-refractivity contribution in [3.63, 3.8) is 0 Å². The highest BCUT2D eigenvalue weighted by Crippen LogP contribution is 2.30. The number of benzene rings is 1. The van der Waals surface area contributed by atoms with Crippen molar-refractivity contribution in [1.82, 2.24) is 15.2 Å². The van der Waals surface area contributed by atoms with Gasteiger partial charge in [0.05, 0.1) is 18.3 Å². The van der Waals surface area contributed by atoms with Gasteiger partial charge >= 0.3 is 6.03 Å². The Morgan fingerprint density at radius 3 is 2.79 bits per heavy atom. The van der Waals surface area contributed by atoms with Crippen LogP contribution in [0, 0.1) is 0 Å². The molecule has 0 bridgehead atoms. The number of carbonyl (C=O) groups excluding carboxylic acids is 1. The van der Waals surface area contributed by atoms with Gasteiger partial charge in [0.15, 0.2) is 17.6 Å². The van der Waals surface area contributed by atoms with E-state index in [4.69, 9.17) is 9.47 Å². The molecule has 6 heteroatoms. The summed E-state index contributed by atoms with van der Waals surface area (Å²) in [4.78, 5) is 18.2. The zero-order valence-corrected chi connectivity index (χ0v) is 13.8. The number of aromatic nitrogens is 1. The van der Waals surface area contributed by atoms with Gasteiger partial charge in [0.2, 0.25) is 0 Å². The number of ether oxygens (including phenoxy) is 2. The fourth-order valence-electron chi connectivity index (χ4n) is 2.54. The average Bonchev–Trinajstić information content (AvgIpc) is 2.62. The van der Waals surface area contributed by atoms with Gasteiger partial charge in [-0.05, 0) is 31.2 Å². The zero-order chi connectivity index (χ0) is 16.9. The molecule has 126 valence electrons. The molecule has 2 unspecified atom stereocenters. The van der Waals surface area contributed by atoms with Crippen LogP contribution in [0.15, 0.2) is 48.7 Å². The van der Waals surface area contributed by atoms with Gasteiger partial charge in [-0.25, -0.2) is 4.79 Å². The van der Waals surface area contributed by atoms with Gasteiger partial charge in [0.25, 0.3) is 0 Å². The van der Waals surface area contributed by atoms with Gasteiger partial charge in [0, 0.05) is 13.2 Å². The van der Waals surface area contributed by atoms with E-state index in [-0.39, 0.29) is 18.2 Å². The summed E-state index contributed by atoms with van der Waals surface area (Å²) < 4.78 is 11.6. The number of fused-ring (bicyclic) bond motifs is 1. The lowest BCUT2D eigenvalue weighted by molar-refractivity contribution is 0.0713. The topological polar surface area (TPSA) is 63.7 Å². The molecule has 2 aromatic rings. The summed E-state index contributed by atoms with van der Waals surface area (Å²) in [7, 11) is 1.74. The number of urea groups is 1. The Morgan fingerprint density at radius 1 is 1.29 bits per heavy atom. The molecule has 1 aliphatic heterocycles. The number of likely N-dealkylation sites (N-methyl/N-ethyl adjacent to an activating group) is 1. The molecule has 0 saturated carbocycles. The second kappa shape index (κ2) is 7.21. The standard InChI is InChI=1S/C18H21N3O3/c1-13(15-7-5-6-10-19-15)20-18(22)21(2)11-14-12-23-16-8-3-4-9-17(16)24-14/h3-10,13-14H,11-12H2,1-2H3,(H,20,22). The first kappa shape index (κ1) is 16.1. The SMILES string of the molecule is CC(NC(=O)N(C)CC1COc2ccccc2O1)c1ccccn1. The van der Waals surface area contributed by atoms with Crippen LogP contribution in [0.3, 0.4) is 0 Å². The molecule has 3 rings (SSSR count). The second-order valence-corrected chi connectivity index (χ2v) is 5.80. The third-order valence-electron chi connectivity index (χ3n) is 3.86. The smallest absolute Gasteiger partial charge is 0.317 e. The Hall–Kier alpha value is -2.76. The van der Waals surface area contributed by atoms with Gasteiger partial charge in [0.1, 0.15) is 6.61 Å². The fraction of sp³-hybridized carbons (Fsp3) is 0.333. The van der Waals surface area contributed by atoms with Crippen molar-refractivity contribution in [3.05, 3.63) is 54.4 Å². The average molecular weight is 327 g/mol. The minimum Gasteiger partial charge on any atom is -0.486 e. The highest BCUT2D eigenvalue weighted by molar-refractivity contribution is 5.74. The molecule has 0 saturated heterocycles. The highest BCUT2D eigenvalue weighted by atomic mass is 16.6. The van der Waals surface area contributed by atoms with Crippen LogP contribution in [0.4, 0.5) is 4.79 Å². The predicted octanol–water partition coefficient (Wildman–Crippen LogP) is 2.62. The summed E-state index contributed by atoms with van der Waals surface area (Å²) >= 11 is 0. The van der Waals surface area contributed by atoms with E-state index in [1.54, 1.807) is 18.1 Å². The molecule has 1 N–H and O–H groups in total. The highest BCUT2D eigenvalue weighted by Gasteiger charge is 2.24. The summed E-state index contributed by atoms with van der Waals surface area (Å²) in [5.41, 5.74) is 0.824. The van der Waals surface area contributed by atoms with Crippen molar-refractivity contribution in [2.24, 2.45) is 0 Å². The number of amides is 2. The number of hydrogen-bond donors (Lipinski definition) is 1. The largest absolute Gasteiger partial charge is 0.486 e. The van der Waals surface area contributed by atoms with Gasteiger partial charge in [-0.15, -0.1) is 0 Å². The van der Waals surface area contributed by atoms with Crippen LogP contribution in [-0.4, -0.2) is 42.2 Å². The van der Waals surface area contributed by atoms with E-state index < -0.39 is 0 Å². The summed E-state index contributed by atoms with van der Waals surface area (Å²) in [6.45, 7) is 2.77. The molecule has 0 spiro atoms. The van der Waals surface area contributed by atoms with E-state index in [0.717, 1.165) is 11.4 Å². The van der Waals surface area contributed by atoms with Gasteiger partial charge in [-0.3, -0.25) is 4.98 Å². The third kappa shape index (κ3) is 3.76. The van der Waals surface area contributed by atoms with E-state index in [1.165, 1.54) is 0 Å². The number of nitrogens with one attached hydrogen (secondary N) is 1. The summed E-state index contributed by atoms with van der Waals surface area (Å²) in [6.07, 6.45) is 1.52. The molecule has 0 aliphatic carbocycles. The van der Waals surface area contributed by atoms with Crippen LogP contribution in [-0.2, 0) is 0 Å². The van der Waals surface area contributed by atoms with Crippen LogP contribution >= 0.6 is 0 Å². The molecule has 0 fully saturated rings. The van der Waals surface area contributed by atoms with Crippen molar-refractivity contribution in [1.29, 1.82) is 0 Å². The molecule has 6 nitrogen and oxygen atoms in total. The van der Waals surface area contributed by atoms with Crippen molar-refractivity contribution in [2.45, 2.75) is 19.1 Å². The van der Waals surface area contributed by atoms with Crippen LogP contribution in [0.2, 0.25) is 0 Å². The number of carbonyl (C=O) groups is 1. The first-order chi connectivity index (χ1) is 11.6. The molecule has 1 aromatic carbocycles. The summed E-state index contributed by atoms with van der Waals surface area (Å²) in [6, 6.07) is 12.8. The lowest BCUT2D eigenvalue weighted by Crippen LogP contribution is -2.46. The molecule has 24 heavy (non-hydrogen) atoms. The van der Waals surface area contributed by atoms with Crippen molar-refractivity contribution >= 4 is 6.03 Å². The van der Waals surface area contributed by atoms with E-state index in [2.05, 4.69) is 10.3 Å². The van der Waals surface area contributed by atoms with E-state index in [9.17, 15) is 4.79 Å². The van der Waals surface area contributed by atoms with Crippen molar-refractivity contribution in [3.8, 4) is 11.5 Å². The van der Waals surface area contributed by atoms with E-state index >= 15 is 0 Å². The minimum atomic E-state index is -0.194. The van der Waals surface area contributed by atoms with Crippen LogP contribution in [0.5, 0.6) is 11.5 Å². The van der Waals surface area contributed by atoms with Crippen molar-refractivity contribution in [2.75, 3.05) is 20.2 Å². The zero-order valence-electron chi connectivity index (χ0n) is 13.8. The first-order valence-electron chi connectivity index (χ1n) is 7.94. The second-order valence-electron chi connectivity index (χ2n) is 5.80. The lowest BCUT2D eigenvalue weighted by atomic mass is 10.2. The summed E-state index contributed by atoms with van der Waals surface area (Å²) in [5, 5.41) is 2.93. The Morgan fingerprint density at radius 2 is 2.04 bits per heavy atom. The third-order valence-corrected chi connectivity index (χ3v) is 3.86. The van der Waals surface area contributed by atoms with Crippen LogP contribution < -0.4 is 14.8 Å². The Balaban J connectivity index is 1.53. The Bertz CT molecular complexity index is 693. The Kier molecular flexibility index (Phi) is 4.84. The van der Waals surface area contributed by atoms with E-state index in [0.29, 0.717) is 18.9 Å². The number of pyridine rings is 1. The number of rotatable bonds is 4. The molecule has 1 aromatic heterocycles. The Labute approximate surface area is 141 Å².